The Labute approximate surface area is 109 Å². The Kier molecular flexibility index (Phi) is 3.52. The first-order valence-electron chi connectivity index (χ1n) is 6.33. The Morgan fingerprint density at radius 2 is 1.83 bits per heavy atom. The fourth-order valence-corrected chi connectivity index (χ4v) is 4.75. The molecule has 0 aliphatic heterocycles. The van der Waals surface area contributed by atoms with Crippen LogP contribution in [0.3, 0.4) is 0 Å². The molecule has 0 spiro atoms. The summed E-state index contributed by atoms with van der Waals surface area (Å²) in [5.74, 6) is 0. The van der Waals surface area contributed by atoms with E-state index >= 15 is 0 Å². The van der Waals surface area contributed by atoms with Crippen LogP contribution in [0.5, 0.6) is 0 Å². The normalized spacial score (nSPS) is 27.9. The minimum atomic E-state index is -3.43. The van der Waals surface area contributed by atoms with E-state index in [0.29, 0.717) is 11.3 Å². The van der Waals surface area contributed by atoms with Crippen molar-refractivity contribution in [1.29, 1.82) is 0 Å². The highest BCUT2D eigenvalue weighted by Crippen LogP contribution is 2.39. The van der Waals surface area contributed by atoms with Crippen LogP contribution in [0.15, 0.2) is 35.2 Å². The lowest BCUT2D eigenvalue weighted by atomic mass is 9.75. The Morgan fingerprint density at radius 3 is 2.44 bits per heavy atom. The first-order valence-corrected chi connectivity index (χ1v) is 7.87. The third-order valence-corrected chi connectivity index (χ3v) is 6.15. The highest BCUT2D eigenvalue weighted by molar-refractivity contribution is 7.92. The maximum Gasteiger partial charge on any atom is 0.183 e. The zero-order valence-electron chi connectivity index (χ0n) is 10.8. The van der Waals surface area contributed by atoms with E-state index in [1.165, 1.54) is 0 Å². The molecule has 0 bridgehead atoms. The number of aliphatic hydroxyl groups is 1. The van der Waals surface area contributed by atoms with Crippen LogP contribution in [-0.2, 0) is 9.84 Å². The highest BCUT2D eigenvalue weighted by Gasteiger charge is 2.44. The Balaban J connectivity index is 2.37. The van der Waals surface area contributed by atoms with Crippen molar-refractivity contribution >= 4 is 9.84 Å². The molecule has 100 valence electrons. The molecule has 0 saturated heterocycles. The Hall–Kier alpha value is -0.870. The van der Waals surface area contributed by atoms with Crippen LogP contribution in [0.1, 0.15) is 33.1 Å². The van der Waals surface area contributed by atoms with E-state index in [1.54, 1.807) is 30.3 Å². The van der Waals surface area contributed by atoms with Gasteiger partial charge in [-0.1, -0.05) is 38.5 Å². The molecule has 1 N–H and O–H groups in total. The molecule has 1 aliphatic rings. The maximum atomic E-state index is 12.5. The molecule has 1 aliphatic carbocycles. The molecule has 4 heteroatoms. The molecule has 0 amide bonds. The van der Waals surface area contributed by atoms with Gasteiger partial charge in [0, 0.05) is 0 Å². The second kappa shape index (κ2) is 4.67. The van der Waals surface area contributed by atoms with Crippen molar-refractivity contribution in [2.45, 2.75) is 49.4 Å². The third kappa shape index (κ3) is 2.31. The minimum Gasteiger partial charge on any atom is -0.391 e. The Morgan fingerprint density at radius 1 is 1.22 bits per heavy atom. The van der Waals surface area contributed by atoms with Gasteiger partial charge in [-0.3, -0.25) is 0 Å². The number of sulfone groups is 1. The molecule has 18 heavy (non-hydrogen) atoms. The molecule has 0 aromatic heterocycles. The van der Waals surface area contributed by atoms with Crippen molar-refractivity contribution in [3.05, 3.63) is 30.3 Å². The smallest absolute Gasteiger partial charge is 0.183 e. The summed E-state index contributed by atoms with van der Waals surface area (Å²) in [5, 5.41) is 9.64. The minimum absolute atomic E-state index is 0.312. The van der Waals surface area contributed by atoms with Crippen LogP contribution in [0.2, 0.25) is 0 Å². The summed E-state index contributed by atoms with van der Waals surface area (Å²) >= 11 is 0. The van der Waals surface area contributed by atoms with E-state index in [9.17, 15) is 13.5 Å². The SMILES string of the molecule is CC1(C)CCCC(S(=O)(=O)c2ccccc2)C1O. The third-order valence-electron chi connectivity index (χ3n) is 3.93. The lowest BCUT2D eigenvalue weighted by Gasteiger charge is -2.40. The monoisotopic (exact) mass is 268 g/mol. The zero-order valence-corrected chi connectivity index (χ0v) is 11.7. The molecular weight excluding hydrogens is 248 g/mol. The van der Waals surface area contributed by atoms with E-state index in [-0.39, 0.29) is 5.41 Å². The van der Waals surface area contributed by atoms with Crippen molar-refractivity contribution in [3.63, 3.8) is 0 Å². The first-order chi connectivity index (χ1) is 8.36. The van der Waals surface area contributed by atoms with Crippen molar-refractivity contribution < 1.29 is 13.5 Å². The molecular formula is C14H20O3S. The Bertz CT molecular complexity index is 505. The van der Waals surface area contributed by atoms with Crippen LogP contribution in [0.25, 0.3) is 0 Å². The predicted molar refractivity (Wildman–Crippen MR) is 71.1 cm³/mol. The van der Waals surface area contributed by atoms with E-state index in [4.69, 9.17) is 0 Å². The van der Waals surface area contributed by atoms with Gasteiger partial charge in [-0.05, 0) is 30.4 Å². The number of hydrogen-bond donors (Lipinski definition) is 1. The number of hydrogen-bond acceptors (Lipinski definition) is 3. The summed E-state index contributed by atoms with van der Waals surface area (Å²) in [6.07, 6.45) is 1.47. The van der Waals surface area contributed by atoms with Crippen molar-refractivity contribution in [1.82, 2.24) is 0 Å². The van der Waals surface area contributed by atoms with Gasteiger partial charge in [0.1, 0.15) is 0 Å². The summed E-state index contributed by atoms with van der Waals surface area (Å²) in [5.41, 5.74) is -0.329. The molecule has 2 rings (SSSR count). The lowest BCUT2D eigenvalue weighted by Crippen LogP contribution is -2.47. The first kappa shape index (κ1) is 13.6. The largest absolute Gasteiger partial charge is 0.391 e. The molecule has 1 aromatic rings. The second-order valence-corrected chi connectivity index (χ2v) is 7.89. The molecule has 0 radical (unpaired) electrons. The molecule has 1 saturated carbocycles. The van der Waals surface area contributed by atoms with Crippen LogP contribution >= 0.6 is 0 Å². The van der Waals surface area contributed by atoms with Crippen molar-refractivity contribution in [2.75, 3.05) is 0 Å². The molecule has 0 heterocycles. The van der Waals surface area contributed by atoms with Gasteiger partial charge in [-0.15, -0.1) is 0 Å². The van der Waals surface area contributed by atoms with Gasteiger partial charge in [0.25, 0.3) is 0 Å². The van der Waals surface area contributed by atoms with E-state index in [0.717, 1.165) is 12.8 Å². The summed E-state index contributed by atoms with van der Waals surface area (Å²) in [6, 6.07) is 8.42. The zero-order chi connectivity index (χ0) is 13.4. The maximum absolute atomic E-state index is 12.5. The molecule has 2 unspecified atom stereocenters. The molecule has 3 nitrogen and oxygen atoms in total. The quantitative estimate of drug-likeness (QED) is 0.896. The van der Waals surface area contributed by atoms with E-state index in [2.05, 4.69) is 0 Å². The van der Waals surface area contributed by atoms with Crippen LogP contribution in [0.4, 0.5) is 0 Å². The van der Waals surface area contributed by atoms with Crippen LogP contribution < -0.4 is 0 Å². The summed E-state index contributed by atoms with van der Waals surface area (Å²) in [6.45, 7) is 3.87. The highest BCUT2D eigenvalue weighted by atomic mass is 32.2. The fourth-order valence-electron chi connectivity index (χ4n) is 2.68. The summed E-state index contributed by atoms with van der Waals surface area (Å²) in [7, 11) is -3.43. The van der Waals surface area contributed by atoms with Crippen LogP contribution in [0, 0.1) is 5.41 Å². The molecule has 1 fully saturated rings. The van der Waals surface area contributed by atoms with Crippen LogP contribution in [-0.4, -0.2) is 24.9 Å². The second-order valence-electron chi connectivity index (χ2n) is 5.72. The predicted octanol–water partition coefficient (Wildman–Crippen LogP) is 2.40. The van der Waals surface area contributed by atoms with Crippen molar-refractivity contribution in [3.8, 4) is 0 Å². The number of benzene rings is 1. The average Bonchev–Trinajstić information content (AvgIpc) is 2.33. The van der Waals surface area contributed by atoms with Crippen molar-refractivity contribution in [2.24, 2.45) is 5.41 Å². The number of aliphatic hydroxyl groups excluding tert-OH is 1. The number of rotatable bonds is 2. The molecule has 2 atom stereocenters. The topological polar surface area (TPSA) is 54.4 Å². The average molecular weight is 268 g/mol. The fraction of sp³-hybridized carbons (Fsp3) is 0.571. The van der Waals surface area contributed by atoms with Gasteiger partial charge >= 0.3 is 0 Å². The lowest BCUT2D eigenvalue weighted by molar-refractivity contribution is 0.0167. The summed E-state index contributed by atoms with van der Waals surface area (Å²) < 4.78 is 25.1. The summed E-state index contributed by atoms with van der Waals surface area (Å²) in [4.78, 5) is 0.312. The van der Waals surface area contributed by atoms with E-state index in [1.807, 2.05) is 13.8 Å². The van der Waals surface area contributed by atoms with Gasteiger partial charge in [0.15, 0.2) is 9.84 Å². The molecule has 1 aromatic carbocycles. The van der Waals surface area contributed by atoms with Gasteiger partial charge in [0.2, 0.25) is 0 Å². The van der Waals surface area contributed by atoms with Gasteiger partial charge in [-0.25, -0.2) is 8.42 Å². The van der Waals surface area contributed by atoms with Gasteiger partial charge in [0.05, 0.1) is 16.2 Å². The van der Waals surface area contributed by atoms with Gasteiger partial charge < -0.3 is 5.11 Å². The standard InChI is InChI=1S/C14H20O3S/c1-14(2)10-6-9-12(13(14)15)18(16,17)11-7-4-3-5-8-11/h3-5,7-8,12-13,15H,6,9-10H2,1-2H3. The van der Waals surface area contributed by atoms with Gasteiger partial charge in [-0.2, -0.15) is 0 Å². The van der Waals surface area contributed by atoms with E-state index < -0.39 is 21.2 Å².